The lowest BCUT2D eigenvalue weighted by Crippen LogP contribution is -2.57. The third-order valence-electron chi connectivity index (χ3n) is 4.62. The van der Waals surface area contributed by atoms with Crippen molar-refractivity contribution in [3.05, 3.63) is 65.9 Å². The minimum Gasteiger partial charge on any atom is -0.335 e. The summed E-state index contributed by atoms with van der Waals surface area (Å²) in [6, 6.07) is 10.2. The molecule has 6 nitrogen and oxygen atoms in total. The van der Waals surface area contributed by atoms with Gasteiger partial charge >= 0.3 is 0 Å². The third-order valence-corrected chi connectivity index (χ3v) is 6.73. The van der Waals surface area contributed by atoms with E-state index in [0.29, 0.717) is 17.0 Å². The number of sulfone groups is 1. The lowest BCUT2D eigenvalue weighted by molar-refractivity contribution is 0.0651. The van der Waals surface area contributed by atoms with E-state index in [9.17, 15) is 17.6 Å². The van der Waals surface area contributed by atoms with Gasteiger partial charge < -0.3 is 4.90 Å². The number of hydrogen-bond donors (Lipinski definition) is 0. The summed E-state index contributed by atoms with van der Waals surface area (Å²) >= 11 is 0. The Morgan fingerprint density at radius 2 is 1.85 bits per heavy atom. The number of rotatable bonds is 3. The van der Waals surface area contributed by atoms with E-state index in [1.165, 1.54) is 17.0 Å². The first kappa shape index (κ1) is 16.7. The van der Waals surface area contributed by atoms with Gasteiger partial charge in [0.1, 0.15) is 22.4 Å². The first-order valence-corrected chi connectivity index (χ1v) is 9.65. The maximum absolute atomic E-state index is 13.0. The molecule has 3 heterocycles. The van der Waals surface area contributed by atoms with Crippen LogP contribution in [-0.2, 0) is 9.84 Å². The summed E-state index contributed by atoms with van der Waals surface area (Å²) in [5.41, 5.74) is 1.72. The van der Waals surface area contributed by atoms with Gasteiger partial charge in [0, 0.05) is 19.3 Å². The average molecular weight is 373 g/mol. The molecule has 3 aromatic rings. The molecule has 0 radical (unpaired) electrons. The van der Waals surface area contributed by atoms with E-state index in [1.54, 1.807) is 17.5 Å². The number of pyridine rings is 1. The molecule has 0 saturated carbocycles. The van der Waals surface area contributed by atoms with E-state index in [-0.39, 0.29) is 23.9 Å². The Bertz CT molecular complexity index is 1100. The van der Waals surface area contributed by atoms with Crippen molar-refractivity contribution in [2.45, 2.75) is 17.1 Å². The highest BCUT2D eigenvalue weighted by molar-refractivity contribution is 7.92. The summed E-state index contributed by atoms with van der Waals surface area (Å²) in [6.07, 6.45) is 1.76. The molecule has 0 N–H and O–H groups in total. The number of carbonyl (C=O) groups is 1. The molecule has 0 spiro atoms. The molecule has 0 aliphatic carbocycles. The number of carbonyl (C=O) groups excluding carboxylic acids is 1. The van der Waals surface area contributed by atoms with E-state index < -0.39 is 20.9 Å². The van der Waals surface area contributed by atoms with E-state index >= 15 is 0 Å². The van der Waals surface area contributed by atoms with Gasteiger partial charge in [0.05, 0.1) is 10.6 Å². The maximum atomic E-state index is 13.0. The number of likely N-dealkylation sites (tertiary alicyclic amines) is 1. The number of halogens is 1. The zero-order valence-electron chi connectivity index (χ0n) is 14.0. The monoisotopic (exact) mass is 373 g/mol. The van der Waals surface area contributed by atoms with Crippen molar-refractivity contribution in [3.8, 4) is 0 Å². The zero-order valence-corrected chi connectivity index (χ0v) is 14.8. The van der Waals surface area contributed by atoms with E-state index in [2.05, 4.69) is 4.98 Å². The SMILES string of the molecule is Cc1nc2ccccn2c1C(=O)N1CC(S(=O)(=O)c2ccc(F)cc2)C1. The van der Waals surface area contributed by atoms with Gasteiger partial charge in [-0.2, -0.15) is 0 Å². The molecule has 0 unspecified atom stereocenters. The molecule has 2 aromatic heterocycles. The summed E-state index contributed by atoms with van der Waals surface area (Å²) in [7, 11) is -3.59. The Morgan fingerprint density at radius 1 is 1.15 bits per heavy atom. The van der Waals surface area contributed by atoms with Crippen molar-refractivity contribution < 1.29 is 17.6 Å². The molecule has 1 fully saturated rings. The van der Waals surface area contributed by atoms with E-state index in [4.69, 9.17) is 0 Å². The van der Waals surface area contributed by atoms with Crippen LogP contribution in [0.4, 0.5) is 4.39 Å². The molecule has 1 saturated heterocycles. The Morgan fingerprint density at radius 3 is 2.54 bits per heavy atom. The van der Waals surface area contributed by atoms with Crippen LogP contribution in [0.25, 0.3) is 5.65 Å². The highest BCUT2D eigenvalue weighted by Crippen LogP contribution is 2.26. The molecule has 1 aliphatic rings. The molecule has 1 aliphatic heterocycles. The lowest BCUT2D eigenvalue weighted by atomic mass is 10.2. The van der Waals surface area contributed by atoms with Crippen LogP contribution in [0.3, 0.4) is 0 Å². The lowest BCUT2D eigenvalue weighted by Gasteiger charge is -2.38. The minimum atomic E-state index is -3.59. The van der Waals surface area contributed by atoms with Crippen molar-refractivity contribution in [2.75, 3.05) is 13.1 Å². The third kappa shape index (κ3) is 2.57. The number of aromatic nitrogens is 2. The predicted molar refractivity (Wildman–Crippen MR) is 93.2 cm³/mol. The quantitative estimate of drug-likeness (QED) is 0.659. The number of imidazole rings is 1. The zero-order chi connectivity index (χ0) is 18.5. The van der Waals surface area contributed by atoms with Crippen LogP contribution in [0.5, 0.6) is 0 Å². The Hall–Kier alpha value is -2.74. The molecule has 4 rings (SSSR count). The van der Waals surface area contributed by atoms with E-state index in [0.717, 1.165) is 12.1 Å². The van der Waals surface area contributed by atoms with Crippen LogP contribution in [0.2, 0.25) is 0 Å². The highest BCUT2D eigenvalue weighted by Gasteiger charge is 2.41. The van der Waals surface area contributed by atoms with Gasteiger partial charge in [0.15, 0.2) is 9.84 Å². The highest BCUT2D eigenvalue weighted by atomic mass is 32.2. The standard InChI is InChI=1S/C18H16FN3O3S/c1-12-17(22-9-3-2-4-16(22)20-12)18(23)21-10-15(11-21)26(24,25)14-7-5-13(19)6-8-14/h2-9,15H,10-11H2,1H3. The van der Waals surface area contributed by atoms with Gasteiger partial charge in [-0.05, 0) is 43.3 Å². The second-order valence-corrected chi connectivity index (χ2v) is 8.53. The van der Waals surface area contributed by atoms with Gasteiger partial charge in [-0.1, -0.05) is 6.07 Å². The fourth-order valence-corrected chi connectivity index (χ4v) is 4.79. The van der Waals surface area contributed by atoms with Crippen LogP contribution in [0, 0.1) is 12.7 Å². The molecule has 1 amide bonds. The summed E-state index contributed by atoms with van der Waals surface area (Å²) in [6.45, 7) is 1.98. The van der Waals surface area contributed by atoms with Crippen molar-refractivity contribution in [3.63, 3.8) is 0 Å². The topological polar surface area (TPSA) is 71.8 Å². The van der Waals surface area contributed by atoms with Crippen LogP contribution in [0.1, 0.15) is 16.2 Å². The molecule has 1 aromatic carbocycles. The summed E-state index contributed by atoms with van der Waals surface area (Å²) in [4.78, 5) is 18.7. The largest absolute Gasteiger partial charge is 0.335 e. The van der Waals surface area contributed by atoms with Crippen molar-refractivity contribution >= 4 is 21.4 Å². The molecule has 0 bridgehead atoms. The molecular formula is C18H16FN3O3S. The Balaban J connectivity index is 1.55. The predicted octanol–water partition coefficient (Wildman–Crippen LogP) is 2.08. The smallest absolute Gasteiger partial charge is 0.272 e. The fraction of sp³-hybridized carbons (Fsp3) is 0.222. The number of amides is 1. The Kier molecular flexibility index (Phi) is 3.80. The number of hydrogen-bond acceptors (Lipinski definition) is 4. The summed E-state index contributed by atoms with van der Waals surface area (Å²) in [5.74, 6) is -0.732. The van der Waals surface area contributed by atoms with Crippen LogP contribution in [-0.4, -0.2) is 46.9 Å². The molecule has 26 heavy (non-hydrogen) atoms. The summed E-state index contributed by atoms with van der Waals surface area (Å²) in [5, 5.41) is -0.684. The van der Waals surface area contributed by atoms with E-state index in [1.807, 2.05) is 18.2 Å². The second kappa shape index (κ2) is 5.91. The average Bonchev–Trinajstić information content (AvgIpc) is 2.89. The number of nitrogens with zero attached hydrogens (tertiary/aromatic N) is 3. The Labute approximate surface area is 149 Å². The molecular weight excluding hydrogens is 357 g/mol. The van der Waals surface area contributed by atoms with Gasteiger partial charge in [0.25, 0.3) is 5.91 Å². The fourth-order valence-electron chi connectivity index (χ4n) is 3.14. The number of fused-ring (bicyclic) bond motifs is 1. The van der Waals surface area contributed by atoms with Gasteiger partial charge in [-0.25, -0.2) is 17.8 Å². The number of aryl methyl sites for hydroxylation is 1. The first-order valence-electron chi connectivity index (χ1n) is 8.10. The van der Waals surface area contributed by atoms with Crippen LogP contribution >= 0.6 is 0 Å². The van der Waals surface area contributed by atoms with Crippen molar-refractivity contribution in [1.82, 2.24) is 14.3 Å². The van der Waals surface area contributed by atoms with Gasteiger partial charge in [0.2, 0.25) is 0 Å². The van der Waals surface area contributed by atoms with Crippen molar-refractivity contribution in [1.29, 1.82) is 0 Å². The van der Waals surface area contributed by atoms with Crippen LogP contribution < -0.4 is 0 Å². The summed E-state index contributed by atoms with van der Waals surface area (Å²) < 4.78 is 39.9. The van der Waals surface area contributed by atoms with Crippen molar-refractivity contribution in [2.24, 2.45) is 0 Å². The number of benzene rings is 1. The van der Waals surface area contributed by atoms with Gasteiger partial charge in [-0.3, -0.25) is 9.20 Å². The minimum absolute atomic E-state index is 0.0713. The maximum Gasteiger partial charge on any atom is 0.272 e. The molecule has 8 heteroatoms. The normalized spacial score (nSPS) is 15.2. The molecule has 0 atom stereocenters. The van der Waals surface area contributed by atoms with Crippen LogP contribution in [0.15, 0.2) is 53.6 Å². The van der Waals surface area contributed by atoms with Gasteiger partial charge in [-0.15, -0.1) is 0 Å². The first-order chi connectivity index (χ1) is 12.4. The molecule has 134 valence electrons. The second-order valence-electron chi connectivity index (χ2n) is 6.31.